The molecule has 0 radical (unpaired) electrons. The molecule has 0 aromatic carbocycles. The fraction of sp³-hybridized carbons (Fsp3) is 0.846. The van der Waals surface area contributed by atoms with Crippen molar-refractivity contribution in [3.05, 3.63) is 0 Å². The van der Waals surface area contributed by atoms with E-state index < -0.39 is 18.2 Å². The molecule has 2 saturated heterocycles. The second-order valence-corrected chi connectivity index (χ2v) is 5.14. The SMILES string of the molecule is CCN(CC1CCOC1)C(=O)[C@@H]1CC[C@H](C(=O)O)O1. The molecule has 1 N–H and O–H groups in total. The molecule has 0 aliphatic carbocycles. The predicted octanol–water partition coefficient (Wildman–Crippen LogP) is 0.504. The number of aliphatic carboxylic acids is 1. The molecule has 0 saturated carbocycles. The van der Waals surface area contributed by atoms with Gasteiger partial charge in [0.25, 0.3) is 5.91 Å². The summed E-state index contributed by atoms with van der Waals surface area (Å²) in [5.41, 5.74) is 0. The van der Waals surface area contributed by atoms with E-state index in [2.05, 4.69) is 0 Å². The van der Waals surface area contributed by atoms with Gasteiger partial charge in [0.15, 0.2) is 6.10 Å². The Morgan fingerprint density at radius 1 is 1.26 bits per heavy atom. The number of rotatable bonds is 5. The second-order valence-electron chi connectivity index (χ2n) is 5.14. The van der Waals surface area contributed by atoms with Gasteiger partial charge in [0.2, 0.25) is 0 Å². The zero-order valence-corrected chi connectivity index (χ0v) is 11.2. The van der Waals surface area contributed by atoms with Crippen molar-refractivity contribution < 1.29 is 24.2 Å². The van der Waals surface area contributed by atoms with Crippen molar-refractivity contribution >= 4 is 11.9 Å². The van der Waals surface area contributed by atoms with Crippen LogP contribution in [0.4, 0.5) is 0 Å². The lowest BCUT2D eigenvalue weighted by Gasteiger charge is -2.26. The van der Waals surface area contributed by atoms with Gasteiger partial charge in [-0.25, -0.2) is 4.79 Å². The summed E-state index contributed by atoms with van der Waals surface area (Å²) < 4.78 is 10.6. The largest absolute Gasteiger partial charge is 0.479 e. The summed E-state index contributed by atoms with van der Waals surface area (Å²) in [5.74, 6) is -0.679. The third-order valence-corrected chi connectivity index (χ3v) is 3.77. The van der Waals surface area contributed by atoms with Crippen LogP contribution in [0.2, 0.25) is 0 Å². The van der Waals surface area contributed by atoms with Gasteiger partial charge in [-0.2, -0.15) is 0 Å². The Labute approximate surface area is 112 Å². The van der Waals surface area contributed by atoms with Gasteiger partial charge in [0, 0.05) is 25.6 Å². The molecular weight excluding hydrogens is 250 g/mol. The highest BCUT2D eigenvalue weighted by atomic mass is 16.5. The van der Waals surface area contributed by atoms with Crippen molar-refractivity contribution in [3.63, 3.8) is 0 Å². The number of likely N-dealkylation sites (N-methyl/N-ethyl adjacent to an activating group) is 1. The standard InChI is InChI=1S/C13H21NO5/c1-2-14(7-9-5-6-18-8-9)12(15)10-3-4-11(19-10)13(16)17/h9-11H,2-8H2,1H3,(H,16,17)/t9?,10-,11+/m0/s1. The first-order valence-corrected chi connectivity index (χ1v) is 6.86. The average Bonchev–Trinajstić information content (AvgIpc) is 3.06. The monoisotopic (exact) mass is 271 g/mol. The number of hydrogen-bond donors (Lipinski definition) is 1. The molecule has 0 spiro atoms. The second kappa shape index (κ2) is 6.34. The smallest absolute Gasteiger partial charge is 0.332 e. The van der Waals surface area contributed by atoms with E-state index in [4.69, 9.17) is 14.6 Å². The Balaban J connectivity index is 1.87. The fourth-order valence-electron chi connectivity index (χ4n) is 2.62. The third kappa shape index (κ3) is 3.45. The van der Waals surface area contributed by atoms with Crippen LogP contribution in [0.5, 0.6) is 0 Å². The molecule has 6 heteroatoms. The van der Waals surface area contributed by atoms with E-state index in [9.17, 15) is 9.59 Å². The molecule has 3 atom stereocenters. The molecule has 1 unspecified atom stereocenters. The minimum absolute atomic E-state index is 0.0850. The minimum atomic E-state index is -0.984. The van der Waals surface area contributed by atoms with E-state index in [-0.39, 0.29) is 5.91 Å². The Morgan fingerprint density at radius 2 is 2.00 bits per heavy atom. The summed E-state index contributed by atoms with van der Waals surface area (Å²) >= 11 is 0. The first-order valence-electron chi connectivity index (χ1n) is 6.86. The van der Waals surface area contributed by atoms with Crippen molar-refractivity contribution in [1.82, 2.24) is 4.90 Å². The number of amides is 1. The first kappa shape index (κ1) is 14.3. The maximum Gasteiger partial charge on any atom is 0.332 e. The summed E-state index contributed by atoms with van der Waals surface area (Å²) in [4.78, 5) is 24.9. The summed E-state index contributed by atoms with van der Waals surface area (Å²) in [6.45, 7) is 4.68. The molecule has 2 aliphatic rings. The van der Waals surface area contributed by atoms with Crippen molar-refractivity contribution in [3.8, 4) is 0 Å². The quantitative estimate of drug-likeness (QED) is 0.788. The Morgan fingerprint density at radius 3 is 2.53 bits per heavy atom. The van der Waals surface area contributed by atoms with E-state index in [0.29, 0.717) is 38.5 Å². The number of carbonyl (C=O) groups is 2. The van der Waals surface area contributed by atoms with Crippen LogP contribution < -0.4 is 0 Å². The first-order chi connectivity index (χ1) is 9.11. The lowest BCUT2D eigenvalue weighted by atomic mass is 10.1. The predicted molar refractivity (Wildman–Crippen MR) is 66.7 cm³/mol. The van der Waals surface area contributed by atoms with E-state index in [1.807, 2.05) is 6.92 Å². The van der Waals surface area contributed by atoms with E-state index >= 15 is 0 Å². The van der Waals surface area contributed by atoms with Crippen LogP contribution in [-0.4, -0.2) is 60.4 Å². The molecule has 0 aromatic heterocycles. The van der Waals surface area contributed by atoms with Gasteiger partial charge in [-0.15, -0.1) is 0 Å². The molecule has 0 aromatic rings. The maximum absolute atomic E-state index is 12.3. The molecule has 2 aliphatic heterocycles. The molecule has 1 amide bonds. The summed E-state index contributed by atoms with van der Waals surface area (Å²) in [7, 11) is 0. The summed E-state index contributed by atoms with van der Waals surface area (Å²) in [6, 6.07) is 0. The van der Waals surface area contributed by atoms with Crippen molar-refractivity contribution in [2.75, 3.05) is 26.3 Å². The molecule has 0 bridgehead atoms. The van der Waals surface area contributed by atoms with Crippen molar-refractivity contribution in [1.29, 1.82) is 0 Å². The van der Waals surface area contributed by atoms with Gasteiger partial charge in [-0.05, 0) is 26.2 Å². The molecule has 19 heavy (non-hydrogen) atoms. The summed E-state index contributed by atoms with van der Waals surface area (Å²) in [6.07, 6.45) is 0.460. The van der Waals surface area contributed by atoms with Gasteiger partial charge in [-0.1, -0.05) is 0 Å². The van der Waals surface area contributed by atoms with E-state index in [1.54, 1.807) is 4.90 Å². The van der Waals surface area contributed by atoms with Gasteiger partial charge in [0.05, 0.1) is 6.61 Å². The highest BCUT2D eigenvalue weighted by Crippen LogP contribution is 2.23. The van der Waals surface area contributed by atoms with Crippen LogP contribution in [0.25, 0.3) is 0 Å². The Kier molecular flexibility index (Phi) is 4.76. The van der Waals surface area contributed by atoms with E-state index in [0.717, 1.165) is 13.0 Å². The minimum Gasteiger partial charge on any atom is -0.479 e. The Hall–Kier alpha value is -1.14. The lowest BCUT2D eigenvalue weighted by Crippen LogP contribution is -2.42. The lowest BCUT2D eigenvalue weighted by molar-refractivity contribution is -0.155. The molecule has 2 rings (SSSR count). The molecular formula is C13H21NO5. The number of carboxylic acid groups (broad SMARTS) is 1. The van der Waals surface area contributed by atoms with Crippen molar-refractivity contribution in [2.45, 2.75) is 38.4 Å². The van der Waals surface area contributed by atoms with Crippen LogP contribution in [-0.2, 0) is 19.1 Å². The third-order valence-electron chi connectivity index (χ3n) is 3.77. The molecule has 108 valence electrons. The number of hydrogen-bond acceptors (Lipinski definition) is 4. The van der Waals surface area contributed by atoms with Gasteiger partial charge in [0.1, 0.15) is 6.10 Å². The Bertz CT molecular complexity index is 340. The topological polar surface area (TPSA) is 76.1 Å². The highest BCUT2D eigenvalue weighted by Gasteiger charge is 2.37. The van der Waals surface area contributed by atoms with Crippen molar-refractivity contribution in [2.24, 2.45) is 5.92 Å². The van der Waals surface area contributed by atoms with Crippen LogP contribution in [0.3, 0.4) is 0 Å². The molecule has 6 nitrogen and oxygen atoms in total. The number of carboxylic acids is 1. The van der Waals surface area contributed by atoms with Gasteiger partial charge >= 0.3 is 5.97 Å². The van der Waals surface area contributed by atoms with Gasteiger partial charge in [-0.3, -0.25) is 4.79 Å². The summed E-state index contributed by atoms with van der Waals surface area (Å²) in [5, 5.41) is 8.87. The van der Waals surface area contributed by atoms with Crippen LogP contribution in [0.15, 0.2) is 0 Å². The van der Waals surface area contributed by atoms with Crippen LogP contribution in [0, 0.1) is 5.92 Å². The molecule has 2 fully saturated rings. The zero-order chi connectivity index (χ0) is 13.8. The maximum atomic E-state index is 12.3. The normalized spacial score (nSPS) is 30.5. The zero-order valence-electron chi connectivity index (χ0n) is 11.2. The number of carbonyl (C=O) groups excluding carboxylic acids is 1. The number of ether oxygens (including phenoxy) is 2. The average molecular weight is 271 g/mol. The number of nitrogens with zero attached hydrogens (tertiary/aromatic N) is 1. The van der Waals surface area contributed by atoms with E-state index in [1.165, 1.54) is 0 Å². The van der Waals surface area contributed by atoms with Crippen LogP contribution >= 0.6 is 0 Å². The van der Waals surface area contributed by atoms with Gasteiger partial charge < -0.3 is 19.5 Å². The fourth-order valence-corrected chi connectivity index (χ4v) is 2.62. The molecule has 2 heterocycles. The highest BCUT2D eigenvalue weighted by molar-refractivity contribution is 5.82. The van der Waals surface area contributed by atoms with Crippen LogP contribution in [0.1, 0.15) is 26.2 Å².